The first-order valence-electron chi connectivity index (χ1n) is 8.01. The van der Waals surface area contributed by atoms with Crippen molar-refractivity contribution in [3.05, 3.63) is 54.2 Å². The van der Waals surface area contributed by atoms with Crippen LogP contribution in [0, 0.1) is 5.92 Å². The Labute approximate surface area is 140 Å². The fraction of sp³-hybridized carbons (Fsp3) is 0.278. The molecule has 1 atom stereocenters. The Morgan fingerprint density at radius 1 is 1.17 bits per heavy atom. The lowest BCUT2D eigenvalue weighted by Gasteiger charge is -2.33. The second kappa shape index (κ2) is 7.12. The minimum atomic E-state index is -0.506. The van der Waals surface area contributed by atoms with Crippen molar-refractivity contribution in [3.63, 3.8) is 0 Å². The van der Waals surface area contributed by atoms with Gasteiger partial charge in [0.1, 0.15) is 5.82 Å². The van der Waals surface area contributed by atoms with Crippen LogP contribution in [0.25, 0.3) is 0 Å². The molecule has 1 fully saturated rings. The highest BCUT2D eigenvalue weighted by Crippen LogP contribution is 2.25. The number of nitrogens with one attached hydrogen (secondary N) is 1. The van der Waals surface area contributed by atoms with E-state index in [4.69, 9.17) is 5.73 Å². The van der Waals surface area contributed by atoms with Gasteiger partial charge in [-0.2, -0.15) is 0 Å². The average Bonchev–Trinajstić information content (AvgIpc) is 2.62. The number of para-hydroxylation sites is 1. The molecular formula is C18H20N4O2. The number of hydrogen-bond donors (Lipinski definition) is 2. The highest BCUT2D eigenvalue weighted by atomic mass is 16.2. The summed E-state index contributed by atoms with van der Waals surface area (Å²) in [6, 6.07) is 12.8. The number of aromatic nitrogens is 1. The van der Waals surface area contributed by atoms with Crippen LogP contribution in [0.2, 0.25) is 0 Å². The van der Waals surface area contributed by atoms with Crippen LogP contribution in [0.15, 0.2) is 48.7 Å². The van der Waals surface area contributed by atoms with Gasteiger partial charge in [-0.3, -0.25) is 9.59 Å². The van der Waals surface area contributed by atoms with Gasteiger partial charge in [0, 0.05) is 25.0 Å². The van der Waals surface area contributed by atoms with Gasteiger partial charge in [-0.05, 0) is 37.1 Å². The lowest BCUT2D eigenvalue weighted by molar-refractivity contribution is -0.120. The quantitative estimate of drug-likeness (QED) is 0.901. The normalized spacial score (nSPS) is 17.3. The number of benzene rings is 1. The highest BCUT2D eigenvalue weighted by molar-refractivity contribution is 5.98. The number of carbonyl (C=O) groups excluding carboxylic acids is 2. The molecule has 2 amide bonds. The van der Waals surface area contributed by atoms with Gasteiger partial charge < -0.3 is 16.0 Å². The van der Waals surface area contributed by atoms with E-state index in [1.54, 1.807) is 18.3 Å². The number of carbonyl (C=O) groups is 2. The summed E-state index contributed by atoms with van der Waals surface area (Å²) in [6.07, 6.45) is 3.31. The molecule has 2 heterocycles. The second-order valence-corrected chi connectivity index (χ2v) is 5.88. The first-order chi connectivity index (χ1) is 11.6. The SMILES string of the molecule is NC(=O)c1cccnc1N1CCC[C@H](C(=O)Nc2ccccc2)C1. The zero-order valence-electron chi connectivity index (χ0n) is 13.3. The molecule has 3 N–H and O–H groups in total. The van der Waals surface area contributed by atoms with E-state index in [9.17, 15) is 9.59 Å². The van der Waals surface area contributed by atoms with Crippen LogP contribution in [0.4, 0.5) is 11.5 Å². The van der Waals surface area contributed by atoms with Crippen LogP contribution in [0.3, 0.4) is 0 Å². The number of nitrogens with two attached hydrogens (primary N) is 1. The molecule has 124 valence electrons. The van der Waals surface area contributed by atoms with Gasteiger partial charge in [0.15, 0.2) is 0 Å². The molecule has 24 heavy (non-hydrogen) atoms. The zero-order valence-corrected chi connectivity index (χ0v) is 13.3. The van der Waals surface area contributed by atoms with Gasteiger partial charge in [0.2, 0.25) is 5.91 Å². The number of pyridine rings is 1. The minimum Gasteiger partial charge on any atom is -0.365 e. The lowest BCUT2D eigenvalue weighted by Crippen LogP contribution is -2.42. The van der Waals surface area contributed by atoms with E-state index < -0.39 is 5.91 Å². The van der Waals surface area contributed by atoms with Crippen molar-refractivity contribution in [2.45, 2.75) is 12.8 Å². The van der Waals surface area contributed by atoms with Crippen LogP contribution < -0.4 is 16.0 Å². The Morgan fingerprint density at radius 2 is 1.96 bits per heavy atom. The third kappa shape index (κ3) is 3.53. The van der Waals surface area contributed by atoms with Gasteiger partial charge in [0.05, 0.1) is 11.5 Å². The molecule has 1 aliphatic heterocycles. The van der Waals surface area contributed by atoms with E-state index in [0.29, 0.717) is 17.9 Å². The smallest absolute Gasteiger partial charge is 0.252 e. The molecule has 0 radical (unpaired) electrons. The maximum atomic E-state index is 12.5. The van der Waals surface area contributed by atoms with Crippen molar-refractivity contribution in [3.8, 4) is 0 Å². The van der Waals surface area contributed by atoms with Crippen molar-refractivity contribution < 1.29 is 9.59 Å². The molecule has 6 heteroatoms. The standard InChI is InChI=1S/C18H20N4O2/c19-16(23)15-9-4-10-20-17(15)22-11-5-6-13(12-22)18(24)21-14-7-2-1-3-8-14/h1-4,7-10,13H,5-6,11-12H2,(H2,19,23)(H,21,24)/t13-/m0/s1. The second-order valence-electron chi connectivity index (χ2n) is 5.88. The predicted octanol–water partition coefficient (Wildman–Crippen LogP) is 2.04. The van der Waals surface area contributed by atoms with Gasteiger partial charge in [-0.15, -0.1) is 0 Å². The predicted molar refractivity (Wildman–Crippen MR) is 92.8 cm³/mol. The van der Waals surface area contributed by atoms with E-state index in [1.807, 2.05) is 35.2 Å². The summed E-state index contributed by atoms with van der Waals surface area (Å²) < 4.78 is 0. The van der Waals surface area contributed by atoms with Crippen LogP contribution in [-0.4, -0.2) is 29.9 Å². The van der Waals surface area contributed by atoms with E-state index in [1.165, 1.54) is 0 Å². The van der Waals surface area contributed by atoms with Crippen molar-refractivity contribution in [2.75, 3.05) is 23.3 Å². The van der Waals surface area contributed by atoms with E-state index in [-0.39, 0.29) is 11.8 Å². The fourth-order valence-electron chi connectivity index (χ4n) is 2.99. The molecular weight excluding hydrogens is 304 g/mol. The summed E-state index contributed by atoms with van der Waals surface area (Å²) in [5.74, 6) is -0.111. The maximum Gasteiger partial charge on any atom is 0.252 e. The van der Waals surface area contributed by atoms with Crippen molar-refractivity contribution in [1.82, 2.24) is 4.98 Å². The van der Waals surface area contributed by atoms with Gasteiger partial charge >= 0.3 is 0 Å². The average molecular weight is 324 g/mol. The van der Waals surface area contributed by atoms with Gasteiger partial charge in [-0.1, -0.05) is 18.2 Å². The number of nitrogens with zero attached hydrogens (tertiary/aromatic N) is 2. The molecule has 0 unspecified atom stereocenters. The van der Waals surface area contributed by atoms with Crippen LogP contribution >= 0.6 is 0 Å². The first kappa shape index (κ1) is 16.0. The van der Waals surface area contributed by atoms with Crippen LogP contribution in [0.5, 0.6) is 0 Å². The molecule has 2 aromatic rings. The molecule has 0 bridgehead atoms. The molecule has 3 rings (SSSR count). The summed E-state index contributed by atoms with van der Waals surface area (Å²) in [7, 11) is 0. The minimum absolute atomic E-state index is 0.0116. The number of anilines is 2. The highest BCUT2D eigenvalue weighted by Gasteiger charge is 2.28. The Hall–Kier alpha value is -2.89. The number of piperidine rings is 1. The molecule has 1 aromatic heterocycles. The largest absolute Gasteiger partial charge is 0.365 e. The number of primary amides is 1. The van der Waals surface area contributed by atoms with Crippen molar-refractivity contribution in [1.29, 1.82) is 0 Å². The molecule has 1 aliphatic rings. The monoisotopic (exact) mass is 324 g/mol. The summed E-state index contributed by atoms with van der Waals surface area (Å²) in [5, 5.41) is 2.94. The van der Waals surface area contributed by atoms with E-state index in [0.717, 1.165) is 25.1 Å². The Morgan fingerprint density at radius 3 is 2.71 bits per heavy atom. The molecule has 0 spiro atoms. The third-order valence-corrected chi connectivity index (χ3v) is 4.19. The van der Waals surface area contributed by atoms with Gasteiger partial charge in [0.25, 0.3) is 5.91 Å². The number of rotatable bonds is 4. The Bertz CT molecular complexity index is 733. The Balaban J connectivity index is 1.73. The maximum absolute atomic E-state index is 12.5. The lowest BCUT2D eigenvalue weighted by atomic mass is 9.96. The summed E-state index contributed by atoms with van der Waals surface area (Å²) >= 11 is 0. The van der Waals surface area contributed by atoms with Crippen LogP contribution in [0.1, 0.15) is 23.2 Å². The van der Waals surface area contributed by atoms with Crippen molar-refractivity contribution >= 4 is 23.3 Å². The number of amides is 2. The topological polar surface area (TPSA) is 88.3 Å². The van der Waals surface area contributed by atoms with E-state index in [2.05, 4.69) is 10.3 Å². The molecule has 0 aliphatic carbocycles. The summed E-state index contributed by atoms with van der Waals surface area (Å²) in [6.45, 7) is 1.28. The van der Waals surface area contributed by atoms with Crippen molar-refractivity contribution in [2.24, 2.45) is 11.7 Å². The first-order valence-corrected chi connectivity index (χ1v) is 8.01. The molecule has 1 aromatic carbocycles. The number of hydrogen-bond acceptors (Lipinski definition) is 4. The third-order valence-electron chi connectivity index (χ3n) is 4.19. The molecule has 6 nitrogen and oxygen atoms in total. The Kier molecular flexibility index (Phi) is 4.74. The molecule has 1 saturated heterocycles. The summed E-state index contributed by atoms with van der Waals surface area (Å²) in [5.41, 5.74) is 6.61. The van der Waals surface area contributed by atoms with Gasteiger partial charge in [-0.25, -0.2) is 4.98 Å². The fourth-order valence-corrected chi connectivity index (χ4v) is 2.99. The van der Waals surface area contributed by atoms with E-state index >= 15 is 0 Å². The molecule has 0 saturated carbocycles. The zero-order chi connectivity index (χ0) is 16.9. The summed E-state index contributed by atoms with van der Waals surface area (Å²) in [4.78, 5) is 30.4. The van der Waals surface area contributed by atoms with Crippen LogP contribution in [-0.2, 0) is 4.79 Å².